The van der Waals surface area contributed by atoms with Gasteiger partial charge < -0.3 is 38.7 Å². The van der Waals surface area contributed by atoms with Gasteiger partial charge in [-0.05, 0) is 54.0 Å². The van der Waals surface area contributed by atoms with Crippen LogP contribution in [-0.2, 0) is 29.7 Å². The molecule has 1 aromatic rings. The molecule has 2 rings (SSSR count). The first-order valence-corrected chi connectivity index (χ1v) is 18.9. The third-order valence-electron chi connectivity index (χ3n) is 8.26. The van der Waals surface area contributed by atoms with Crippen molar-refractivity contribution in [3.05, 3.63) is 29.8 Å². The first kappa shape index (κ1) is 31.9. The molecule has 212 valence electrons. The van der Waals surface area contributed by atoms with E-state index in [9.17, 15) is 9.90 Å². The van der Waals surface area contributed by atoms with Crippen molar-refractivity contribution in [1.82, 2.24) is 0 Å². The summed E-state index contributed by atoms with van der Waals surface area (Å²) in [7, 11) is -3.06. The van der Waals surface area contributed by atoms with Crippen LogP contribution in [0.25, 0.3) is 0 Å². The standard InChI is InChI=1S/C27H49NO7Si2/c1-26(2,3)36(8,9)34-22-21(28)20(17-32-16-18-12-14-19(31-7)15-13-18)33-24(25(29)30)23(22)35-37(10,11)27(4,5)6/h12-15,20-24H,16-17,28H2,1-11H3,(H,29,30)/t20-,21-,22+,23-,24-/m1/s1. The van der Waals surface area contributed by atoms with E-state index < -0.39 is 53.1 Å². The minimum absolute atomic E-state index is 0.0795. The van der Waals surface area contributed by atoms with E-state index in [2.05, 4.69) is 73.5 Å². The molecule has 1 aliphatic heterocycles. The van der Waals surface area contributed by atoms with Gasteiger partial charge in [0.05, 0.1) is 26.3 Å². The summed E-state index contributed by atoms with van der Waals surface area (Å²) in [4.78, 5) is 12.4. The third-order valence-corrected chi connectivity index (χ3v) is 17.2. The largest absolute Gasteiger partial charge is 0.547 e. The number of carbonyl (C=O) groups excluding carboxylic acids is 1. The number of benzene rings is 1. The summed E-state index contributed by atoms with van der Waals surface area (Å²) in [5, 5.41) is 12.2. The van der Waals surface area contributed by atoms with Gasteiger partial charge in [0.2, 0.25) is 0 Å². The Kier molecular flexibility index (Phi) is 10.2. The van der Waals surface area contributed by atoms with E-state index >= 15 is 0 Å². The van der Waals surface area contributed by atoms with Gasteiger partial charge in [0.1, 0.15) is 36.2 Å². The third kappa shape index (κ3) is 7.87. The molecule has 3 N–H and O–H groups in total. The lowest BCUT2D eigenvalue weighted by atomic mass is 9.93. The van der Waals surface area contributed by atoms with E-state index in [1.165, 1.54) is 0 Å². The van der Waals surface area contributed by atoms with E-state index in [1.807, 2.05) is 24.3 Å². The quantitative estimate of drug-likeness (QED) is 0.441. The predicted octanol–water partition coefficient (Wildman–Crippen LogP) is 3.12. The zero-order chi connectivity index (χ0) is 28.4. The van der Waals surface area contributed by atoms with Crippen molar-refractivity contribution in [2.24, 2.45) is 0 Å². The fourth-order valence-electron chi connectivity index (χ4n) is 3.68. The Morgan fingerprint density at radius 2 is 1.43 bits per heavy atom. The molecule has 0 aliphatic carbocycles. The number of quaternary nitrogens is 1. The molecule has 0 amide bonds. The molecule has 1 heterocycles. The van der Waals surface area contributed by atoms with Crippen molar-refractivity contribution in [3.8, 4) is 5.75 Å². The summed E-state index contributed by atoms with van der Waals surface area (Å²) in [5.41, 5.74) is 5.38. The second-order valence-corrected chi connectivity index (χ2v) is 22.6. The van der Waals surface area contributed by atoms with Crippen molar-refractivity contribution >= 4 is 22.6 Å². The Hall–Kier alpha value is -1.28. The first-order chi connectivity index (χ1) is 16.8. The van der Waals surface area contributed by atoms with Crippen LogP contribution in [0.15, 0.2) is 24.3 Å². The van der Waals surface area contributed by atoms with Crippen molar-refractivity contribution < 1.29 is 38.7 Å². The SMILES string of the molecule is COc1ccc(COC[C@H]2O[C@@H](C(=O)[O-])[C@H](O[Si](C)(C)C(C)(C)C)[C@@H](O[Si](C)(C)C(C)(C)C)[C@@H]2[NH3+])cc1. The highest BCUT2D eigenvalue weighted by molar-refractivity contribution is 6.74. The Balaban J connectivity index is 2.33. The second kappa shape index (κ2) is 11.9. The van der Waals surface area contributed by atoms with Gasteiger partial charge in [0, 0.05) is 0 Å². The molecule has 10 heteroatoms. The molecule has 37 heavy (non-hydrogen) atoms. The molecule has 8 nitrogen and oxygen atoms in total. The fourth-order valence-corrected chi connectivity index (χ4v) is 6.31. The Labute approximate surface area is 225 Å². The van der Waals surface area contributed by atoms with Gasteiger partial charge in [0.15, 0.2) is 16.6 Å². The van der Waals surface area contributed by atoms with Crippen LogP contribution in [0.4, 0.5) is 0 Å². The number of carboxylic acids is 1. The van der Waals surface area contributed by atoms with Crippen molar-refractivity contribution in [3.63, 3.8) is 0 Å². The van der Waals surface area contributed by atoms with Crippen molar-refractivity contribution in [2.75, 3.05) is 13.7 Å². The first-order valence-electron chi connectivity index (χ1n) is 13.1. The average Bonchev–Trinajstić information content (AvgIpc) is 2.76. The molecule has 0 radical (unpaired) electrons. The van der Waals surface area contributed by atoms with Crippen LogP contribution in [0.2, 0.25) is 36.3 Å². The minimum Gasteiger partial charge on any atom is -0.547 e. The second-order valence-electron chi connectivity index (χ2n) is 13.1. The number of carbonyl (C=O) groups is 1. The molecule has 0 aromatic heterocycles. The van der Waals surface area contributed by atoms with Gasteiger partial charge in [0.25, 0.3) is 0 Å². The summed E-state index contributed by atoms with van der Waals surface area (Å²) >= 11 is 0. The average molecular weight is 556 g/mol. The maximum atomic E-state index is 12.4. The van der Waals surface area contributed by atoms with Crippen LogP contribution in [0, 0.1) is 0 Å². The van der Waals surface area contributed by atoms with E-state index in [-0.39, 0.29) is 16.7 Å². The van der Waals surface area contributed by atoms with Crippen molar-refractivity contribution in [2.45, 2.75) is 115 Å². The lowest BCUT2D eigenvalue weighted by Gasteiger charge is -2.51. The van der Waals surface area contributed by atoms with Crippen LogP contribution in [0.5, 0.6) is 5.75 Å². The van der Waals surface area contributed by atoms with Crippen LogP contribution >= 0.6 is 0 Å². The smallest absolute Gasteiger partial charge is 0.192 e. The predicted molar refractivity (Wildman–Crippen MR) is 147 cm³/mol. The molecule has 0 spiro atoms. The molecule has 0 bridgehead atoms. The van der Waals surface area contributed by atoms with E-state index in [4.69, 9.17) is 23.1 Å². The summed E-state index contributed by atoms with van der Waals surface area (Å²) in [6, 6.07) is 7.21. The van der Waals surface area contributed by atoms with Gasteiger partial charge in [-0.3, -0.25) is 0 Å². The Morgan fingerprint density at radius 1 is 0.946 bits per heavy atom. The zero-order valence-corrected chi connectivity index (χ0v) is 26.7. The molecule has 0 unspecified atom stereocenters. The molecule has 1 aliphatic rings. The topological polar surface area (TPSA) is 114 Å². The fraction of sp³-hybridized carbons (Fsp3) is 0.741. The normalized spacial score (nSPS) is 25.7. The molecular formula is C27H49NO7Si2. The number of hydrogen-bond donors (Lipinski definition) is 1. The van der Waals surface area contributed by atoms with E-state index in [0.717, 1.165) is 11.3 Å². The van der Waals surface area contributed by atoms with Gasteiger partial charge >= 0.3 is 0 Å². The summed E-state index contributed by atoms with van der Waals surface area (Å²) in [5.74, 6) is -0.535. The number of carboxylic acid groups (broad SMARTS) is 1. The maximum Gasteiger partial charge on any atom is 0.192 e. The molecule has 1 aromatic carbocycles. The monoisotopic (exact) mass is 555 g/mol. The lowest BCUT2D eigenvalue weighted by molar-refractivity contribution is -0.476. The zero-order valence-electron chi connectivity index (χ0n) is 24.7. The minimum atomic E-state index is -2.38. The number of aliphatic carboxylic acids is 1. The van der Waals surface area contributed by atoms with Gasteiger partial charge in [-0.25, -0.2) is 0 Å². The maximum absolute atomic E-state index is 12.4. The molecular weight excluding hydrogens is 506 g/mol. The number of rotatable bonds is 10. The van der Waals surface area contributed by atoms with Crippen LogP contribution in [0.1, 0.15) is 47.1 Å². The van der Waals surface area contributed by atoms with Crippen LogP contribution in [0.3, 0.4) is 0 Å². The Morgan fingerprint density at radius 3 is 1.86 bits per heavy atom. The van der Waals surface area contributed by atoms with Gasteiger partial charge in [-0.15, -0.1) is 0 Å². The molecule has 0 saturated carbocycles. The highest BCUT2D eigenvalue weighted by atomic mass is 28.4. The van der Waals surface area contributed by atoms with Gasteiger partial charge in [-0.1, -0.05) is 53.7 Å². The highest BCUT2D eigenvalue weighted by Crippen LogP contribution is 2.42. The number of ether oxygens (including phenoxy) is 3. The summed E-state index contributed by atoms with van der Waals surface area (Å²) in [6.07, 6.45) is -3.26. The van der Waals surface area contributed by atoms with Gasteiger partial charge in [-0.2, -0.15) is 0 Å². The molecule has 5 atom stereocenters. The van der Waals surface area contributed by atoms with Crippen LogP contribution in [-0.4, -0.2) is 66.8 Å². The summed E-state index contributed by atoms with van der Waals surface area (Å²) < 4.78 is 30.8. The highest BCUT2D eigenvalue weighted by Gasteiger charge is 2.54. The van der Waals surface area contributed by atoms with Crippen LogP contribution < -0.4 is 15.6 Å². The number of hydrogen-bond acceptors (Lipinski definition) is 7. The molecule has 1 fully saturated rings. The summed E-state index contributed by atoms with van der Waals surface area (Å²) in [6.45, 7) is 21.9. The Bertz CT molecular complexity index is 894. The van der Waals surface area contributed by atoms with E-state index in [1.54, 1.807) is 7.11 Å². The van der Waals surface area contributed by atoms with Crippen molar-refractivity contribution in [1.29, 1.82) is 0 Å². The molecule has 1 saturated heterocycles. The lowest BCUT2D eigenvalue weighted by Crippen LogP contribution is -2.81. The number of methoxy groups -OCH3 is 1. The van der Waals surface area contributed by atoms with E-state index in [0.29, 0.717) is 6.61 Å².